The Morgan fingerprint density at radius 1 is 1.03 bits per heavy atom. The van der Waals surface area contributed by atoms with E-state index in [4.69, 9.17) is 11.6 Å². The van der Waals surface area contributed by atoms with Gasteiger partial charge in [0.05, 0.1) is 22.7 Å². The molecular formula is C25H18ClF2NO3. The van der Waals surface area contributed by atoms with E-state index in [0.29, 0.717) is 21.5 Å². The van der Waals surface area contributed by atoms with E-state index in [9.17, 15) is 23.8 Å². The van der Waals surface area contributed by atoms with E-state index < -0.39 is 17.4 Å². The van der Waals surface area contributed by atoms with Gasteiger partial charge in [-0.05, 0) is 54.3 Å². The molecule has 0 spiro atoms. The molecule has 0 unspecified atom stereocenters. The highest BCUT2D eigenvalue weighted by molar-refractivity contribution is 6.34. The number of fused-ring (bicyclic) bond motifs is 1. The van der Waals surface area contributed by atoms with Crippen molar-refractivity contribution in [1.82, 2.24) is 4.98 Å². The average molecular weight is 454 g/mol. The number of aromatic amines is 1. The Kier molecular flexibility index (Phi) is 4.80. The van der Waals surface area contributed by atoms with E-state index in [-0.39, 0.29) is 29.0 Å². The number of nitrogens with one attached hydrogen (secondary N) is 1. The number of carbonyl (C=O) groups excluding carboxylic acids is 1. The van der Waals surface area contributed by atoms with Gasteiger partial charge in [-0.15, -0.1) is 0 Å². The van der Waals surface area contributed by atoms with Crippen LogP contribution < -0.4 is 0 Å². The number of hydrogen-bond acceptors (Lipinski definition) is 3. The maximum Gasteiger partial charge on any atom is 0.200 e. The molecule has 3 N–H and O–H groups in total. The molecule has 3 aromatic carbocycles. The first-order chi connectivity index (χ1) is 15.3. The number of aliphatic hydroxyl groups excluding tert-OH is 1. The number of aromatic hydroxyl groups is 1. The Morgan fingerprint density at radius 3 is 2.38 bits per heavy atom. The molecule has 1 aliphatic rings. The number of H-pyrrole nitrogens is 1. The fraction of sp³-hybridized carbons (Fsp3) is 0.160. The summed E-state index contributed by atoms with van der Waals surface area (Å²) in [7, 11) is 0. The van der Waals surface area contributed by atoms with Crippen molar-refractivity contribution >= 4 is 28.3 Å². The molecule has 7 heteroatoms. The van der Waals surface area contributed by atoms with E-state index in [1.807, 2.05) is 24.3 Å². The van der Waals surface area contributed by atoms with Crippen molar-refractivity contribution < 1.29 is 23.8 Å². The topological polar surface area (TPSA) is 73.3 Å². The molecule has 1 aromatic heterocycles. The molecule has 162 valence electrons. The maximum atomic E-state index is 13.6. The lowest BCUT2D eigenvalue weighted by Crippen LogP contribution is -2.11. The summed E-state index contributed by atoms with van der Waals surface area (Å²) < 4.78 is 26.9. The van der Waals surface area contributed by atoms with Crippen LogP contribution in [-0.2, 0) is 5.41 Å². The van der Waals surface area contributed by atoms with Crippen molar-refractivity contribution in [1.29, 1.82) is 0 Å². The minimum Gasteiger partial charge on any atom is -0.494 e. The van der Waals surface area contributed by atoms with Gasteiger partial charge in [-0.25, -0.2) is 8.78 Å². The van der Waals surface area contributed by atoms with E-state index >= 15 is 0 Å². The van der Waals surface area contributed by atoms with Crippen LogP contribution in [0.25, 0.3) is 22.0 Å². The highest BCUT2D eigenvalue weighted by Gasteiger charge is 2.43. The van der Waals surface area contributed by atoms with Gasteiger partial charge in [0.15, 0.2) is 17.4 Å². The van der Waals surface area contributed by atoms with Gasteiger partial charge < -0.3 is 15.2 Å². The van der Waals surface area contributed by atoms with E-state index in [2.05, 4.69) is 4.98 Å². The summed E-state index contributed by atoms with van der Waals surface area (Å²) in [4.78, 5) is 15.7. The highest BCUT2D eigenvalue weighted by Crippen LogP contribution is 2.48. The fourth-order valence-corrected chi connectivity index (χ4v) is 4.40. The van der Waals surface area contributed by atoms with Crippen LogP contribution in [0.3, 0.4) is 0 Å². The van der Waals surface area contributed by atoms with E-state index in [1.165, 1.54) is 6.07 Å². The second-order valence-electron chi connectivity index (χ2n) is 8.20. The first-order valence-electron chi connectivity index (χ1n) is 10.1. The molecule has 0 bridgehead atoms. The number of halogens is 3. The third-order valence-corrected chi connectivity index (χ3v) is 6.55. The zero-order valence-corrected chi connectivity index (χ0v) is 17.5. The van der Waals surface area contributed by atoms with Gasteiger partial charge in [0.1, 0.15) is 0 Å². The quantitative estimate of drug-likeness (QED) is 0.338. The smallest absolute Gasteiger partial charge is 0.200 e. The van der Waals surface area contributed by atoms with Gasteiger partial charge in [-0.2, -0.15) is 0 Å². The molecule has 1 aliphatic carbocycles. The lowest BCUT2D eigenvalue weighted by Gasteiger charge is -2.13. The van der Waals surface area contributed by atoms with Gasteiger partial charge in [0.2, 0.25) is 5.88 Å². The minimum absolute atomic E-state index is 0.0437. The third kappa shape index (κ3) is 3.27. The Balaban J connectivity index is 1.59. The molecule has 5 rings (SSSR count). The molecule has 0 radical (unpaired) electrons. The number of ketones is 1. The molecule has 1 heterocycles. The number of aromatic nitrogens is 1. The van der Waals surface area contributed by atoms with Crippen LogP contribution in [-0.4, -0.2) is 27.6 Å². The summed E-state index contributed by atoms with van der Waals surface area (Å²) in [5, 5.41) is 20.9. The maximum absolute atomic E-state index is 13.6. The van der Waals surface area contributed by atoms with Crippen LogP contribution in [0.1, 0.15) is 34.3 Å². The van der Waals surface area contributed by atoms with Gasteiger partial charge in [-0.1, -0.05) is 35.9 Å². The number of aliphatic hydroxyl groups is 1. The van der Waals surface area contributed by atoms with Crippen molar-refractivity contribution in [3.05, 3.63) is 87.9 Å². The lowest BCUT2D eigenvalue weighted by atomic mass is 9.93. The second-order valence-corrected chi connectivity index (χ2v) is 8.61. The van der Waals surface area contributed by atoms with Gasteiger partial charge in [0, 0.05) is 21.9 Å². The zero-order chi connectivity index (χ0) is 22.6. The molecule has 0 saturated heterocycles. The fourth-order valence-electron chi connectivity index (χ4n) is 4.13. The molecule has 32 heavy (non-hydrogen) atoms. The lowest BCUT2D eigenvalue weighted by molar-refractivity contribution is 0.103. The monoisotopic (exact) mass is 453 g/mol. The Bertz CT molecular complexity index is 1370. The van der Waals surface area contributed by atoms with Gasteiger partial charge in [0.25, 0.3) is 0 Å². The Labute approximate surface area is 187 Å². The molecule has 4 nitrogen and oxygen atoms in total. The minimum atomic E-state index is -1.14. The van der Waals surface area contributed by atoms with Gasteiger partial charge >= 0.3 is 0 Å². The first kappa shape index (κ1) is 20.7. The molecule has 1 saturated carbocycles. The summed E-state index contributed by atoms with van der Waals surface area (Å²) in [6, 6.07) is 13.9. The number of hydrogen-bond donors (Lipinski definition) is 3. The van der Waals surface area contributed by atoms with Crippen LogP contribution >= 0.6 is 11.6 Å². The SMILES string of the molecule is O=C(c1ccc(F)c(F)c1)c1c(O)[nH]c2cc(Cl)c(-c3ccc(C4(CO)CC4)cc3)cc12. The van der Waals surface area contributed by atoms with Crippen molar-refractivity contribution in [3.8, 4) is 17.0 Å². The summed E-state index contributed by atoms with van der Waals surface area (Å²) in [5.74, 6) is -3.22. The highest BCUT2D eigenvalue weighted by atomic mass is 35.5. The molecular weight excluding hydrogens is 436 g/mol. The summed E-state index contributed by atoms with van der Waals surface area (Å²) in [6.07, 6.45) is 1.90. The Hall–Kier alpha value is -3.22. The zero-order valence-electron chi connectivity index (χ0n) is 16.8. The summed E-state index contributed by atoms with van der Waals surface area (Å²) >= 11 is 6.49. The predicted octanol–water partition coefficient (Wildman–Crippen LogP) is 5.73. The standard InChI is InChI=1S/C25H18ClF2NO3/c26-18-11-21-17(10-16(18)13-1-4-15(5-2-13)25(12-30)7-8-25)22(24(32)29-21)23(31)14-3-6-19(27)20(28)9-14/h1-6,9-11,29-30,32H,7-8,12H2. The predicted molar refractivity (Wildman–Crippen MR) is 118 cm³/mol. The van der Waals surface area contributed by atoms with Crippen LogP contribution in [0.4, 0.5) is 8.78 Å². The largest absolute Gasteiger partial charge is 0.494 e. The number of rotatable bonds is 5. The molecule has 0 aliphatic heterocycles. The molecule has 0 atom stereocenters. The number of carbonyl (C=O) groups is 1. The van der Waals surface area contributed by atoms with Crippen molar-refractivity contribution in [3.63, 3.8) is 0 Å². The number of benzene rings is 3. The Morgan fingerprint density at radius 2 is 1.75 bits per heavy atom. The summed E-state index contributed by atoms with van der Waals surface area (Å²) in [6.45, 7) is 0.108. The summed E-state index contributed by atoms with van der Waals surface area (Å²) in [5.41, 5.74) is 2.69. The van der Waals surface area contributed by atoms with Crippen LogP contribution in [0.2, 0.25) is 5.02 Å². The third-order valence-electron chi connectivity index (χ3n) is 6.24. The molecule has 4 aromatic rings. The normalized spacial score (nSPS) is 14.6. The van der Waals surface area contributed by atoms with Crippen LogP contribution in [0, 0.1) is 11.6 Å². The van der Waals surface area contributed by atoms with Crippen molar-refractivity contribution in [2.45, 2.75) is 18.3 Å². The molecule has 1 fully saturated rings. The molecule has 0 amide bonds. The van der Waals surface area contributed by atoms with E-state index in [1.54, 1.807) is 12.1 Å². The van der Waals surface area contributed by atoms with E-state index in [0.717, 1.165) is 36.1 Å². The van der Waals surface area contributed by atoms with Crippen molar-refractivity contribution in [2.75, 3.05) is 6.61 Å². The van der Waals surface area contributed by atoms with Crippen molar-refractivity contribution in [2.24, 2.45) is 0 Å². The average Bonchev–Trinajstić information content (AvgIpc) is 3.52. The second kappa shape index (κ2) is 7.43. The van der Waals surface area contributed by atoms with Crippen LogP contribution in [0.15, 0.2) is 54.6 Å². The van der Waals surface area contributed by atoms with Gasteiger partial charge in [-0.3, -0.25) is 4.79 Å². The van der Waals surface area contributed by atoms with Crippen LogP contribution in [0.5, 0.6) is 5.88 Å². The first-order valence-corrected chi connectivity index (χ1v) is 10.5.